The Labute approximate surface area is 174 Å². The zero-order chi connectivity index (χ0) is 20.9. The molecule has 2 aromatic carbocycles. The fraction of sp³-hybridized carbons (Fsp3) is 0.316. The van der Waals surface area contributed by atoms with Crippen LogP contribution in [-0.4, -0.2) is 27.1 Å². The highest BCUT2D eigenvalue weighted by molar-refractivity contribution is 7.92. The largest absolute Gasteiger partial charge is 0.350 e. The average molecular weight is 447 g/mol. The van der Waals surface area contributed by atoms with Crippen molar-refractivity contribution in [3.05, 3.63) is 63.9 Å². The summed E-state index contributed by atoms with van der Waals surface area (Å²) in [6.45, 7) is 1.92. The number of rotatable bonds is 8. The number of benzene rings is 2. The third-order valence-electron chi connectivity index (χ3n) is 4.10. The minimum Gasteiger partial charge on any atom is -0.350 e. The molecule has 1 atom stereocenters. The summed E-state index contributed by atoms with van der Waals surface area (Å²) in [5.41, 5.74) is 1.17. The van der Waals surface area contributed by atoms with Crippen molar-refractivity contribution in [3.63, 3.8) is 0 Å². The van der Waals surface area contributed by atoms with Gasteiger partial charge in [-0.15, -0.1) is 0 Å². The van der Waals surface area contributed by atoms with Gasteiger partial charge < -0.3 is 5.32 Å². The molecule has 1 unspecified atom stereocenters. The van der Waals surface area contributed by atoms with Gasteiger partial charge in [-0.1, -0.05) is 35.3 Å². The van der Waals surface area contributed by atoms with Crippen LogP contribution >= 0.6 is 23.2 Å². The van der Waals surface area contributed by atoms with Crippen molar-refractivity contribution in [1.29, 1.82) is 0 Å². The Morgan fingerprint density at radius 3 is 2.36 bits per heavy atom. The number of anilines is 1. The van der Waals surface area contributed by atoms with Crippen LogP contribution in [0.3, 0.4) is 0 Å². The van der Waals surface area contributed by atoms with E-state index in [0.717, 1.165) is 11.8 Å². The summed E-state index contributed by atoms with van der Waals surface area (Å²) >= 11 is 11.9. The summed E-state index contributed by atoms with van der Waals surface area (Å²) in [6.07, 6.45) is 1.54. The predicted octanol–water partition coefficient (Wildman–Crippen LogP) is 4.56. The van der Waals surface area contributed by atoms with Crippen LogP contribution in [0, 0.1) is 5.82 Å². The summed E-state index contributed by atoms with van der Waals surface area (Å²) < 4.78 is 38.4. The average Bonchev–Trinajstić information content (AvgIpc) is 2.60. The summed E-state index contributed by atoms with van der Waals surface area (Å²) in [5.74, 6) is -0.565. The lowest BCUT2D eigenvalue weighted by Gasteiger charge is -2.23. The number of amides is 1. The first-order chi connectivity index (χ1) is 13.1. The summed E-state index contributed by atoms with van der Waals surface area (Å²) in [7, 11) is -3.55. The molecule has 0 saturated heterocycles. The number of nitrogens with one attached hydrogen (secondary N) is 1. The smallest absolute Gasteiger partial charge is 0.232 e. The number of halogens is 3. The van der Waals surface area contributed by atoms with E-state index < -0.39 is 10.0 Å². The molecule has 28 heavy (non-hydrogen) atoms. The van der Waals surface area contributed by atoms with Gasteiger partial charge in [-0.05, 0) is 49.2 Å². The molecule has 5 nitrogen and oxygen atoms in total. The van der Waals surface area contributed by atoms with E-state index in [1.165, 1.54) is 28.6 Å². The summed E-state index contributed by atoms with van der Waals surface area (Å²) in [6, 6.07) is 10.2. The van der Waals surface area contributed by atoms with Crippen molar-refractivity contribution in [2.45, 2.75) is 25.8 Å². The molecule has 0 saturated carbocycles. The van der Waals surface area contributed by atoms with Crippen LogP contribution in [0.1, 0.15) is 31.4 Å². The van der Waals surface area contributed by atoms with Gasteiger partial charge in [0.05, 0.1) is 28.0 Å². The molecule has 0 fully saturated rings. The van der Waals surface area contributed by atoms with E-state index in [1.807, 2.05) is 0 Å². The molecule has 1 amide bonds. The maximum absolute atomic E-state index is 13.0. The fourth-order valence-electron chi connectivity index (χ4n) is 2.66. The Balaban J connectivity index is 1.95. The number of carbonyl (C=O) groups excluding carboxylic acids is 1. The molecule has 2 aromatic rings. The van der Waals surface area contributed by atoms with Gasteiger partial charge in [0.1, 0.15) is 5.82 Å². The number of nitrogens with zero attached hydrogens (tertiary/aromatic N) is 1. The van der Waals surface area contributed by atoms with Crippen molar-refractivity contribution < 1.29 is 17.6 Å². The third-order valence-corrected chi connectivity index (χ3v) is 6.04. The Morgan fingerprint density at radius 1 is 1.14 bits per heavy atom. The topological polar surface area (TPSA) is 66.5 Å². The molecular formula is C19H21Cl2FN2O3S. The molecule has 0 aliphatic carbocycles. The monoisotopic (exact) mass is 446 g/mol. The molecule has 0 aliphatic rings. The second kappa shape index (κ2) is 9.58. The SMILES string of the molecule is CC(NC(=O)CCCN(c1ccc(Cl)c(Cl)c1)S(C)(=O)=O)c1ccc(F)cc1. The van der Waals surface area contributed by atoms with Crippen molar-refractivity contribution in [3.8, 4) is 0 Å². The summed E-state index contributed by atoms with van der Waals surface area (Å²) in [4.78, 5) is 12.2. The second-order valence-corrected chi connectivity index (χ2v) is 9.10. The van der Waals surface area contributed by atoms with Gasteiger partial charge in [0.2, 0.25) is 15.9 Å². The van der Waals surface area contributed by atoms with Crippen LogP contribution < -0.4 is 9.62 Å². The molecule has 9 heteroatoms. The van der Waals surface area contributed by atoms with Gasteiger partial charge in [0, 0.05) is 13.0 Å². The highest BCUT2D eigenvalue weighted by atomic mass is 35.5. The number of sulfonamides is 1. The quantitative estimate of drug-likeness (QED) is 0.646. The van der Waals surface area contributed by atoms with E-state index in [4.69, 9.17) is 23.2 Å². The second-order valence-electron chi connectivity index (χ2n) is 6.38. The Kier molecular flexibility index (Phi) is 7.69. The van der Waals surface area contributed by atoms with Crippen molar-refractivity contribution in [1.82, 2.24) is 5.32 Å². The van der Waals surface area contributed by atoms with E-state index in [1.54, 1.807) is 25.1 Å². The van der Waals surface area contributed by atoms with Crippen molar-refractivity contribution >= 4 is 44.8 Å². The van der Waals surface area contributed by atoms with E-state index >= 15 is 0 Å². The van der Waals surface area contributed by atoms with Crippen molar-refractivity contribution in [2.24, 2.45) is 0 Å². The van der Waals surface area contributed by atoms with Crippen LogP contribution in [0.5, 0.6) is 0 Å². The van der Waals surface area contributed by atoms with Crippen LogP contribution in [0.4, 0.5) is 10.1 Å². The highest BCUT2D eigenvalue weighted by Gasteiger charge is 2.19. The Morgan fingerprint density at radius 2 is 1.79 bits per heavy atom. The Hall–Kier alpha value is -1.83. The highest BCUT2D eigenvalue weighted by Crippen LogP contribution is 2.28. The lowest BCUT2D eigenvalue weighted by molar-refractivity contribution is -0.121. The standard InChI is InChI=1S/C19H21Cl2FN2O3S/c1-13(14-5-7-15(22)8-6-14)23-19(25)4-3-11-24(28(2,26)27)16-9-10-17(20)18(21)12-16/h5-10,12-13H,3-4,11H2,1-2H3,(H,23,25). The van der Waals surface area contributed by atoms with E-state index in [9.17, 15) is 17.6 Å². The fourth-order valence-corrected chi connectivity index (χ4v) is 3.91. The Bertz CT molecular complexity index is 937. The molecule has 1 N–H and O–H groups in total. The van der Waals surface area contributed by atoms with E-state index in [0.29, 0.717) is 17.1 Å². The first-order valence-electron chi connectivity index (χ1n) is 8.55. The van der Waals surface area contributed by atoms with Gasteiger partial charge in [-0.3, -0.25) is 9.10 Å². The van der Waals surface area contributed by atoms with Gasteiger partial charge >= 0.3 is 0 Å². The van der Waals surface area contributed by atoms with Gasteiger partial charge in [-0.2, -0.15) is 0 Å². The van der Waals surface area contributed by atoms with Gasteiger partial charge in [0.25, 0.3) is 0 Å². The van der Waals surface area contributed by atoms with Crippen molar-refractivity contribution in [2.75, 3.05) is 17.1 Å². The molecule has 152 valence electrons. The normalized spacial score (nSPS) is 12.5. The lowest BCUT2D eigenvalue weighted by Crippen LogP contribution is -2.32. The first-order valence-corrected chi connectivity index (χ1v) is 11.2. The maximum Gasteiger partial charge on any atom is 0.232 e. The van der Waals surface area contributed by atoms with Crippen LogP contribution in [0.25, 0.3) is 0 Å². The zero-order valence-electron chi connectivity index (χ0n) is 15.5. The molecule has 0 radical (unpaired) electrons. The molecular weight excluding hydrogens is 426 g/mol. The van der Waals surface area contributed by atoms with E-state index in [2.05, 4.69) is 5.32 Å². The first kappa shape index (κ1) is 22.5. The number of hydrogen-bond acceptors (Lipinski definition) is 3. The van der Waals surface area contributed by atoms with Gasteiger partial charge in [0.15, 0.2) is 0 Å². The van der Waals surface area contributed by atoms with Crippen LogP contribution in [0.2, 0.25) is 10.0 Å². The molecule has 0 aromatic heterocycles. The molecule has 2 rings (SSSR count). The van der Waals surface area contributed by atoms with Crippen LogP contribution in [0.15, 0.2) is 42.5 Å². The predicted molar refractivity (Wildman–Crippen MR) is 111 cm³/mol. The lowest BCUT2D eigenvalue weighted by atomic mass is 10.1. The minimum absolute atomic E-state index is 0.120. The van der Waals surface area contributed by atoms with Gasteiger partial charge in [-0.25, -0.2) is 12.8 Å². The minimum atomic E-state index is -3.55. The molecule has 0 bridgehead atoms. The maximum atomic E-state index is 13.0. The third kappa shape index (κ3) is 6.36. The molecule has 0 heterocycles. The van der Waals surface area contributed by atoms with Crippen LogP contribution in [-0.2, 0) is 14.8 Å². The number of hydrogen-bond donors (Lipinski definition) is 1. The van der Waals surface area contributed by atoms with E-state index in [-0.39, 0.29) is 35.8 Å². The zero-order valence-corrected chi connectivity index (χ0v) is 17.8. The summed E-state index contributed by atoms with van der Waals surface area (Å²) in [5, 5.41) is 3.39. The number of carbonyl (C=O) groups is 1. The molecule has 0 aliphatic heterocycles. The molecule has 0 spiro atoms.